The molecular weight excluding hydrogens is 415 g/mol. The number of nitriles is 1. The van der Waals surface area contributed by atoms with Crippen molar-refractivity contribution in [3.8, 4) is 6.07 Å². The predicted octanol–water partition coefficient (Wildman–Crippen LogP) is 4.65. The molecule has 154 valence electrons. The molecule has 1 aliphatic rings. The topological polar surface area (TPSA) is 81.4 Å². The van der Waals surface area contributed by atoms with E-state index in [1.807, 2.05) is 0 Å². The molecule has 3 aromatic rings. The van der Waals surface area contributed by atoms with E-state index < -0.39 is 11.2 Å². The number of carboxylic acids is 1. The maximum absolute atomic E-state index is 14.6. The van der Waals surface area contributed by atoms with Crippen molar-refractivity contribution >= 4 is 29.3 Å². The average Bonchev–Trinajstić information content (AvgIpc) is 2.78. The van der Waals surface area contributed by atoms with E-state index in [9.17, 15) is 14.0 Å². The normalized spacial score (nSPS) is 15.3. The molecule has 1 amide bonds. The van der Waals surface area contributed by atoms with Crippen molar-refractivity contribution in [1.82, 2.24) is 0 Å². The SMILES string of the molecule is N#Cc1ccc(CN2C(=O)C(Cc3ccc(C(=O)O)cc3)Sc3c(F)cccc32)cc1. The monoisotopic (exact) mass is 432 g/mol. The second-order valence-corrected chi connectivity index (χ2v) is 8.35. The minimum atomic E-state index is -1.01. The maximum Gasteiger partial charge on any atom is 0.335 e. The van der Waals surface area contributed by atoms with Crippen LogP contribution in [-0.4, -0.2) is 22.2 Å². The summed E-state index contributed by atoms with van der Waals surface area (Å²) in [6, 6.07) is 20.0. The first-order valence-corrected chi connectivity index (χ1v) is 10.4. The molecule has 1 atom stereocenters. The molecule has 0 saturated heterocycles. The molecule has 1 heterocycles. The Morgan fingerprint density at radius 1 is 1.06 bits per heavy atom. The molecule has 1 unspecified atom stereocenters. The number of hydrogen-bond acceptors (Lipinski definition) is 4. The van der Waals surface area contributed by atoms with Crippen LogP contribution < -0.4 is 4.90 Å². The van der Waals surface area contributed by atoms with E-state index in [0.29, 0.717) is 22.6 Å². The summed E-state index contributed by atoms with van der Waals surface area (Å²) >= 11 is 1.19. The first-order valence-electron chi connectivity index (χ1n) is 9.54. The number of aromatic carboxylic acids is 1. The molecule has 0 spiro atoms. The fourth-order valence-corrected chi connectivity index (χ4v) is 4.74. The Morgan fingerprint density at radius 2 is 1.74 bits per heavy atom. The van der Waals surface area contributed by atoms with Gasteiger partial charge in [-0.2, -0.15) is 5.26 Å². The van der Waals surface area contributed by atoms with Crippen molar-refractivity contribution in [2.45, 2.75) is 23.1 Å². The molecule has 0 aliphatic carbocycles. The molecule has 7 heteroatoms. The summed E-state index contributed by atoms with van der Waals surface area (Å²) in [4.78, 5) is 26.4. The number of thioether (sulfide) groups is 1. The Labute approximate surface area is 182 Å². The second-order valence-electron chi connectivity index (χ2n) is 7.13. The van der Waals surface area contributed by atoms with Crippen LogP contribution in [0.4, 0.5) is 10.1 Å². The van der Waals surface area contributed by atoms with Crippen LogP contribution in [0.15, 0.2) is 71.6 Å². The molecule has 1 aliphatic heterocycles. The lowest BCUT2D eigenvalue weighted by molar-refractivity contribution is -0.118. The summed E-state index contributed by atoms with van der Waals surface area (Å²) in [5, 5.41) is 17.5. The van der Waals surface area contributed by atoms with Crippen molar-refractivity contribution in [2.24, 2.45) is 0 Å². The van der Waals surface area contributed by atoms with Crippen molar-refractivity contribution in [1.29, 1.82) is 5.26 Å². The van der Waals surface area contributed by atoms with E-state index in [2.05, 4.69) is 6.07 Å². The number of carbonyl (C=O) groups excluding carboxylic acids is 1. The highest BCUT2D eigenvalue weighted by molar-refractivity contribution is 8.01. The van der Waals surface area contributed by atoms with Crippen LogP contribution in [0.5, 0.6) is 0 Å². The Kier molecular flexibility index (Phi) is 5.74. The fourth-order valence-electron chi connectivity index (χ4n) is 3.47. The zero-order valence-electron chi connectivity index (χ0n) is 16.3. The van der Waals surface area contributed by atoms with Crippen molar-refractivity contribution in [3.05, 3.63) is 94.8 Å². The van der Waals surface area contributed by atoms with E-state index >= 15 is 0 Å². The molecule has 0 saturated carbocycles. The van der Waals surface area contributed by atoms with Gasteiger partial charge in [0.05, 0.1) is 39.6 Å². The van der Waals surface area contributed by atoms with Gasteiger partial charge in [-0.25, -0.2) is 9.18 Å². The van der Waals surface area contributed by atoms with Crippen LogP contribution in [0.3, 0.4) is 0 Å². The third-order valence-electron chi connectivity index (χ3n) is 5.08. The van der Waals surface area contributed by atoms with Crippen LogP contribution >= 0.6 is 11.8 Å². The van der Waals surface area contributed by atoms with Crippen LogP contribution in [0, 0.1) is 17.1 Å². The van der Waals surface area contributed by atoms with Gasteiger partial charge in [0, 0.05) is 0 Å². The summed E-state index contributed by atoms with van der Waals surface area (Å²) in [6.45, 7) is 0.260. The zero-order chi connectivity index (χ0) is 22.0. The number of amides is 1. The van der Waals surface area contributed by atoms with Gasteiger partial charge < -0.3 is 10.0 Å². The quantitative estimate of drug-likeness (QED) is 0.635. The van der Waals surface area contributed by atoms with Crippen molar-refractivity contribution in [3.63, 3.8) is 0 Å². The summed E-state index contributed by atoms with van der Waals surface area (Å²) < 4.78 is 14.6. The summed E-state index contributed by atoms with van der Waals surface area (Å²) in [5.41, 5.74) is 2.86. The lowest BCUT2D eigenvalue weighted by Crippen LogP contribution is -2.41. The fraction of sp³-hybridized carbons (Fsp3) is 0.125. The highest BCUT2D eigenvalue weighted by Crippen LogP contribution is 2.42. The molecule has 5 nitrogen and oxygen atoms in total. The van der Waals surface area contributed by atoms with Crippen LogP contribution in [-0.2, 0) is 17.8 Å². The highest BCUT2D eigenvalue weighted by atomic mass is 32.2. The molecule has 3 aromatic carbocycles. The molecule has 0 radical (unpaired) electrons. The summed E-state index contributed by atoms with van der Waals surface area (Å²) in [5.74, 6) is -1.54. The molecular formula is C24H17FN2O3S. The number of benzene rings is 3. The van der Waals surface area contributed by atoms with E-state index in [-0.39, 0.29) is 23.8 Å². The van der Waals surface area contributed by atoms with Crippen molar-refractivity contribution < 1.29 is 19.1 Å². The number of nitrogens with zero attached hydrogens (tertiary/aromatic N) is 2. The number of rotatable bonds is 5. The molecule has 1 N–H and O–H groups in total. The molecule has 31 heavy (non-hydrogen) atoms. The second kappa shape index (κ2) is 8.62. The Morgan fingerprint density at radius 3 is 2.39 bits per heavy atom. The van der Waals surface area contributed by atoms with Crippen LogP contribution in [0.2, 0.25) is 0 Å². The minimum Gasteiger partial charge on any atom is -0.478 e. The van der Waals surface area contributed by atoms with Gasteiger partial charge >= 0.3 is 5.97 Å². The van der Waals surface area contributed by atoms with Gasteiger partial charge in [-0.15, -0.1) is 11.8 Å². The lowest BCUT2D eigenvalue weighted by atomic mass is 10.1. The Balaban J connectivity index is 1.64. The first-order chi connectivity index (χ1) is 15.0. The Hall–Kier alpha value is -3.63. The first kappa shape index (κ1) is 20.6. The number of halogens is 1. The van der Waals surface area contributed by atoms with Gasteiger partial charge in [0.25, 0.3) is 0 Å². The van der Waals surface area contributed by atoms with Gasteiger partial charge in [-0.3, -0.25) is 4.79 Å². The highest BCUT2D eigenvalue weighted by Gasteiger charge is 2.35. The lowest BCUT2D eigenvalue weighted by Gasteiger charge is -2.34. The van der Waals surface area contributed by atoms with Gasteiger partial charge in [0.1, 0.15) is 5.82 Å². The molecule has 0 bridgehead atoms. The van der Waals surface area contributed by atoms with Crippen LogP contribution in [0.1, 0.15) is 27.0 Å². The van der Waals surface area contributed by atoms with E-state index in [1.54, 1.807) is 53.4 Å². The molecule has 4 rings (SSSR count). The smallest absolute Gasteiger partial charge is 0.335 e. The largest absolute Gasteiger partial charge is 0.478 e. The standard InChI is InChI=1S/C24H17FN2O3S/c25-19-2-1-3-20-22(19)31-21(12-15-8-10-18(11-9-15)24(29)30)23(28)27(20)14-17-6-4-16(13-26)5-7-17/h1-11,21H,12,14H2,(H,29,30). The third-order valence-corrected chi connectivity index (χ3v) is 6.38. The van der Waals surface area contributed by atoms with E-state index in [4.69, 9.17) is 10.4 Å². The van der Waals surface area contributed by atoms with Crippen LogP contribution in [0.25, 0.3) is 0 Å². The van der Waals surface area contributed by atoms with Gasteiger partial charge in [-0.05, 0) is 53.9 Å². The molecule has 0 aromatic heterocycles. The number of anilines is 1. The number of fused-ring (bicyclic) bond motifs is 1. The Bertz CT molecular complexity index is 1190. The predicted molar refractivity (Wildman–Crippen MR) is 115 cm³/mol. The van der Waals surface area contributed by atoms with Gasteiger partial charge in [-0.1, -0.05) is 30.3 Å². The van der Waals surface area contributed by atoms with E-state index in [0.717, 1.165) is 11.1 Å². The van der Waals surface area contributed by atoms with Gasteiger partial charge in [0.15, 0.2) is 0 Å². The number of hydrogen-bond donors (Lipinski definition) is 1. The number of carbonyl (C=O) groups is 2. The maximum atomic E-state index is 14.6. The number of carboxylic acid groups (broad SMARTS) is 1. The zero-order valence-corrected chi connectivity index (χ0v) is 17.1. The van der Waals surface area contributed by atoms with Crippen molar-refractivity contribution in [2.75, 3.05) is 4.90 Å². The average molecular weight is 432 g/mol. The minimum absolute atomic E-state index is 0.144. The third kappa shape index (κ3) is 4.30. The summed E-state index contributed by atoms with van der Waals surface area (Å²) in [6.07, 6.45) is 0.348. The van der Waals surface area contributed by atoms with E-state index in [1.165, 1.54) is 30.0 Å². The van der Waals surface area contributed by atoms with Gasteiger partial charge in [0.2, 0.25) is 5.91 Å². The molecule has 0 fully saturated rings. The summed E-state index contributed by atoms with van der Waals surface area (Å²) in [7, 11) is 0.